The molecule has 0 aromatic carbocycles. The van der Waals surface area contributed by atoms with Crippen molar-refractivity contribution in [2.24, 2.45) is 10.9 Å². The molecule has 2 aliphatic rings. The average Bonchev–Trinajstić information content (AvgIpc) is 3.21. The molecule has 0 radical (unpaired) electrons. The molecule has 1 saturated carbocycles. The summed E-state index contributed by atoms with van der Waals surface area (Å²) in [5.41, 5.74) is 0. The number of hydrogen-bond acceptors (Lipinski definition) is 3. The Labute approximate surface area is 162 Å². The fraction of sp³-hybridized carbons (Fsp3) is 0.750. The number of aliphatic imine (C=N–C) groups is 1. The van der Waals surface area contributed by atoms with E-state index in [2.05, 4.69) is 43.9 Å². The predicted octanol–water partition coefficient (Wildman–Crippen LogP) is 2.18. The lowest BCUT2D eigenvalue weighted by molar-refractivity contribution is -0.120. The Bertz CT molecular complexity index is 608. The van der Waals surface area contributed by atoms with Crippen LogP contribution < -0.4 is 10.6 Å². The first-order chi connectivity index (χ1) is 13.2. The molecule has 2 atom stereocenters. The molecule has 2 N–H and O–H groups in total. The summed E-state index contributed by atoms with van der Waals surface area (Å²) in [7, 11) is 0. The minimum absolute atomic E-state index is 0.0360. The van der Waals surface area contributed by atoms with Crippen molar-refractivity contribution >= 4 is 11.9 Å². The molecule has 7 heteroatoms. The summed E-state index contributed by atoms with van der Waals surface area (Å²) >= 11 is 0. The van der Waals surface area contributed by atoms with Gasteiger partial charge < -0.3 is 20.1 Å². The molecular weight excluding hydrogens is 340 g/mol. The Morgan fingerprint density at radius 3 is 2.78 bits per heavy atom. The van der Waals surface area contributed by atoms with Crippen molar-refractivity contribution < 1.29 is 4.79 Å². The molecule has 0 bridgehead atoms. The predicted molar refractivity (Wildman–Crippen MR) is 108 cm³/mol. The molecular formula is C20H34N6O. The van der Waals surface area contributed by atoms with E-state index in [4.69, 9.17) is 0 Å². The van der Waals surface area contributed by atoms with Gasteiger partial charge in [-0.25, -0.2) is 9.98 Å². The van der Waals surface area contributed by atoms with Crippen LogP contribution in [0, 0.1) is 5.92 Å². The van der Waals surface area contributed by atoms with Gasteiger partial charge in [-0.05, 0) is 32.1 Å². The second-order valence-corrected chi connectivity index (χ2v) is 7.86. The fourth-order valence-electron chi connectivity index (χ4n) is 4.19. The zero-order valence-corrected chi connectivity index (χ0v) is 16.7. The zero-order chi connectivity index (χ0) is 19.1. The highest BCUT2D eigenvalue weighted by molar-refractivity contribution is 5.85. The van der Waals surface area contributed by atoms with Crippen molar-refractivity contribution in [3.63, 3.8) is 0 Å². The van der Waals surface area contributed by atoms with E-state index in [0.29, 0.717) is 18.0 Å². The Hall–Kier alpha value is -2.05. The number of hydrogen-bond donors (Lipinski definition) is 2. The minimum Gasteiger partial charge on any atom is -0.357 e. The highest BCUT2D eigenvalue weighted by atomic mass is 16.1. The number of guanidine groups is 1. The van der Waals surface area contributed by atoms with E-state index in [1.807, 2.05) is 18.7 Å². The summed E-state index contributed by atoms with van der Waals surface area (Å²) < 4.78 is 2.19. The van der Waals surface area contributed by atoms with Crippen LogP contribution in [-0.4, -0.2) is 58.5 Å². The Balaban J connectivity index is 1.59. The molecule has 3 rings (SSSR count). The van der Waals surface area contributed by atoms with Crippen LogP contribution in [0.2, 0.25) is 0 Å². The van der Waals surface area contributed by atoms with E-state index in [1.54, 1.807) is 0 Å². The Morgan fingerprint density at radius 2 is 2.07 bits per heavy atom. The third-order valence-electron chi connectivity index (χ3n) is 5.80. The molecule has 150 valence electrons. The van der Waals surface area contributed by atoms with Crippen molar-refractivity contribution in [1.29, 1.82) is 0 Å². The van der Waals surface area contributed by atoms with Crippen LogP contribution >= 0.6 is 0 Å². The first kappa shape index (κ1) is 19.7. The normalized spacial score (nSPS) is 24.7. The maximum Gasteiger partial charge on any atom is 0.242 e. The molecule has 1 amide bonds. The van der Waals surface area contributed by atoms with Gasteiger partial charge in [0.15, 0.2) is 5.96 Å². The molecule has 27 heavy (non-hydrogen) atoms. The molecule has 2 fully saturated rings. The number of imidazole rings is 1. The van der Waals surface area contributed by atoms with Crippen molar-refractivity contribution in [2.75, 3.05) is 26.2 Å². The summed E-state index contributed by atoms with van der Waals surface area (Å²) in [4.78, 5) is 23.4. The third kappa shape index (κ3) is 5.47. The van der Waals surface area contributed by atoms with Gasteiger partial charge in [0.2, 0.25) is 5.91 Å². The van der Waals surface area contributed by atoms with Gasteiger partial charge in [-0.15, -0.1) is 0 Å². The second-order valence-electron chi connectivity index (χ2n) is 7.86. The van der Waals surface area contributed by atoms with Crippen molar-refractivity contribution in [3.8, 4) is 0 Å². The quantitative estimate of drug-likeness (QED) is 0.612. The van der Waals surface area contributed by atoms with Gasteiger partial charge in [0.1, 0.15) is 6.54 Å². The Kier molecular flexibility index (Phi) is 7.12. The van der Waals surface area contributed by atoms with Gasteiger partial charge in [0.25, 0.3) is 0 Å². The number of aromatic nitrogens is 2. The lowest BCUT2D eigenvalue weighted by Crippen LogP contribution is -2.49. The molecule has 2 unspecified atom stereocenters. The van der Waals surface area contributed by atoms with Gasteiger partial charge in [-0.3, -0.25) is 4.79 Å². The van der Waals surface area contributed by atoms with Gasteiger partial charge in [-0.1, -0.05) is 26.2 Å². The summed E-state index contributed by atoms with van der Waals surface area (Å²) in [6.45, 7) is 7.20. The highest BCUT2D eigenvalue weighted by Gasteiger charge is 2.29. The van der Waals surface area contributed by atoms with Crippen LogP contribution in [0.15, 0.2) is 23.7 Å². The first-order valence-electron chi connectivity index (χ1n) is 10.5. The number of carbonyl (C=O) groups is 1. The summed E-state index contributed by atoms with van der Waals surface area (Å²) in [5, 5.41) is 6.52. The van der Waals surface area contributed by atoms with E-state index < -0.39 is 0 Å². The van der Waals surface area contributed by atoms with Crippen LogP contribution in [0.5, 0.6) is 0 Å². The number of amides is 1. The summed E-state index contributed by atoms with van der Waals surface area (Å²) in [5.74, 6) is 1.47. The van der Waals surface area contributed by atoms with Crippen molar-refractivity contribution in [2.45, 2.75) is 64.5 Å². The number of nitrogens with one attached hydrogen (secondary N) is 2. The molecule has 1 aliphatic carbocycles. The van der Waals surface area contributed by atoms with E-state index in [0.717, 1.165) is 44.9 Å². The third-order valence-corrected chi connectivity index (χ3v) is 5.80. The fourth-order valence-corrected chi connectivity index (χ4v) is 4.19. The second kappa shape index (κ2) is 9.76. The molecule has 1 aromatic rings. The lowest BCUT2D eigenvalue weighted by atomic mass is 9.93. The average molecular weight is 375 g/mol. The van der Waals surface area contributed by atoms with Gasteiger partial charge in [0.05, 0.1) is 12.4 Å². The summed E-state index contributed by atoms with van der Waals surface area (Å²) in [6, 6.07) is 0.715. The SMILES string of the molecule is CCNC(=NCC(=O)NC1CCCCC1)N1CCC(C)C(n2ccnc2)C1. The summed E-state index contributed by atoms with van der Waals surface area (Å²) in [6.07, 6.45) is 12.8. The van der Waals surface area contributed by atoms with E-state index in [1.165, 1.54) is 19.3 Å². The molecule has 1 saturated heterocycles. The van der Waals surface area contributed by atoms with Crippen molar-refractivity contribution in [1.82, 2.24) is 25.1 Å². The highest BCUT2D eigenvalue weighted by Crippen LogP contribution is 2.27. The molecule has 0 spiro atoms. The smallest absolute Gasteiger partial charge is 0.242 e. The Morgan fingerprint density at radius 1 is 1.26 bits per heavy atom. The van der Waals surface area contributed by atoms with Crippen LogP contribution in [0.3, 0.4) is 0 Å². The van der Waals surface area contributed by atoms with Crippen molar-refractivity contribution in [3.05, 3.63) is 18.7 Å². The number of likely N-dealkylation sites (tertiary alicyclic amines) is 1. The molecule has 1 aromatic heterocycles. The maximum atomic E-state index is 12.3. The van der Waals surface area contributed by atoms with E-state index in [-0.39, 0.29) is 12.5 Å². The van der Waals surface area contributed by atoms with Crippen LogP contribution in [0.1, 0.15) is 58.4 Å². The standard InChI is InChI=1S/C20H34N6O/c1-3-22-20(23-13-19(27)24-17-7-5-4-6-8-17)25-11-9-16(2)18(14-25)26-12-10-21-15-26/h10,12,15-18H,3-9,11,13-14H2,1-2H3,(H,22,23)(H,24,27). The van der Waals surface area contributed by atoms with Gasteiger partial charge in [0, 0.05) is 38.1 Å². The monoisotopic (exact) mass is 374 g/mol. The number of nitrogens with zero attached hydrogens (tertiary/aromatic N) is 4. The number of piperidine rings is 1. The molecule has 7 nitrogen and oxygen atoms in total. The topological polar surface area (TPSA) is 74.6 Å². The number of carbonyl (C=O) groups excluding carboxylic acids is 1. The van der Waals surface area contributed by atoms with Crippen LogP contribution in [0.25, 0.3) is 0 Å². The molecule has 1 aliphatic heterocycles. The number of rotatable bonds is 5. The van der Waals surface area contributed by atoms with Crippen LogP contribution in [-0.2, 0) is 4.79 Å². The first-order valence-corrected chi connectivity index (χ1v) is 10.5. The van der Waals surface area contributed by atoms with Gasteiger partial charge >= 0.3 is 0 Å². The van der Waals surface area contributed by atoms with Crippen LogP contribution in [0.4, 0.5) is 0 Å². The lowest BCUT2D eigenvalue weighted by Gasteiger charge is -2.39. The largest absolute Gasteiger partial charge is 0.357 e. The maximum absolute atomic E-state index is 12.3. The van der Waals surface area contributed by atoms with Gasteiger partial charge in [-0.2, -0.15) is 0 Å². The van der Waals surface area contributed by atoms with E-state index >= 15 is 0 Å². The van der Waals surface area contributed by atoms with E-state index in [9.17, 15) is 4.79 Å². The molecule has 2 heterocycles. The zero-order valence-electron chi connectivity index (χ0n) is 16.7. The minimum atomic E-state index is 0.0360.